The van der Waals surface area contributed by atoms with Crippen molar-refractivity contribution in [3.05, 3.63) is 23.2 Å². The molecule has 0 amide bonds. The molecule has 0 saturated heterocycles. The van der Waals surface area contributed by atoms with E-state index in [0.717, 1.165) is 35.8 Å². The van der Waals surface area contributed by atoms with Crippen LogP contribution in [0.25, 0.3) is 0 Å². The summed E-state index contributed by atoms with van der Waals surface area (Å²) in [5.41, 5.74) is 0.0763. The summed E-state index contributed by atoms with van der Waals surface area (Å²) in [4.78, 5) is 27.2. The molecule has 1 aliphatic carbocycles. The van der Waals surface area contributed by atoms with E-state index in [2.05, 4.69) is 18.8 Å². The van der Waals surface area contributed by atoms with Crippen molar-refractivity contribution in [3.8, 4) is 0 Å². The number of carboxylic acid groups (broad SMARTS) is 1. The Morgan fingerprint density at radius 3 is 2.96 bits per heavy atom. The number of aliphatic hydroxyl groups excluding tert-OH is 1. The summed E-state index contributed by atoms with van der Waals surface area (Å²) in [6.45, 7) is 4.36. The Morgan fingerprint density at radius 1 is 1.50 bits per heavy atom. The molecule has 5 nitrogen and oxygen atoms in total. The van der Waals surface area contributed by atoms with Crippen molar-refractivity contribution in [2.45, 2.75) is 69.2 Å². The van der Waals surface area contributed by atoms with Crippen molar-refractivity contribution in [1.29, 1.82) is 0 Å². The summed E-state index contributed by atoms with van der Waals surface area (Å²) in [5, 5.41) is 20.7. The Hall–Kier alpha value is -1.18. The Morgan fingerprint density at radius 2 is 2.29 bits per heavy atom. The molecular formula is C21H31NO4S2. The van der Waals surface area contributed by atoms with Crippen LogP contribution in [-0.2, 0) is 4.79 Å². The summed E-state index contributed by atoms with van der Waals surface area (Å²) in [6.07, 6.45) is 9.98. The van der Waals surface area contributed by atoms with Crippen LogP contribution in [-0.4, -0.2) is 38.8 Å². The number of nitrogens with zero attached hydrogens (tertiary/aromatic N) is 1. The van der Waals surface area contributed by atoms with Crippen LogP contribution in [0.1, 0.15) is 69.3 Å². The minimum absolute atomic E-state index is 0.00706. The average Bonchev–Trinajstić information content (AvgIpc) is 3.26. The number of allylic oxidation sites excluding steroid dienone is 1. The average molecular weight is 426 g/mol. The van der Waals surface area contributed by atoms with Gasteiger partial charge in [0.15, 0.2) is 10.0 Å². The normalized spacial score (nSPS) is 22.0. The zero-order valence-corrected chi connectivity index (χ0v) is 18.3. The molecule has 1 saturated carbocycles. The van der Waals surface area contributed by atoms with Crippen molar-refractivity contribution in [1.82, 2.24) is 4.98 Å². The highest BCUT2D eigenvalue weighted by atomic mass is 32.2. The smallest absolute Gasteiger partial charge is 0.355 e. The van der Waals surface area contributed by atoms with Gasteiger partial charge in [0.05, 0.1) is 6.10 Å². The molecular weight excluding hydrogens is 394 g/mol. The monoisotopic (exact) mass is 425 g/mol. The number of aromatic carboxylic acids is 1. The molecule has 1 fully saturated rings. The van der Waals surface area contributed by atoms with E-state index in [4.69, 9.17) is 5.11 Å². The van der Waals surface area contributed by atoms with Crippen LogP contribution >= 0.6 is 23.1 Å². The number of ketones is 1. The van der Waals surface area contributed by atoms with Gasteiger partial charge < -0.3 is 10.2 Å². The molecule has 1 aliphatic rings. The van der Waals surface area contributed by atoms with Crippen LogP contribution in [0.4, 0.5) is 0 Å². The van der Waals surface area contributed by atoms with Gasteiger partial charge in [0.2, 0.25) is 0 Å². The van der Waals surface area contributed by atoms with E-state index in [9.17, 15) is 14.7 Å². The van der Waals surface area contributed by atoms with E-state index in [1.54, 1.807) is 5.38 Å². The molecule has 2 rings (SSSR count). The van der Waals surface area contributed by atoms with Gasteiger partial charge in [-0.25, -0.2) is 9.78 Å². The zero-order valence-electron chi connectivity index (χ0n) is 16.7. The lowest BCUT2D eigenvalue weighted by Gasteiger charge is -2.16. The maximum atomic E-state index is 12.3. The van der Waals surface area contributed by atoms with Crippen molar-refractivity contribution in [3.63, 3.8) is 0 Å². The second kappa shape index (κ2) is 11.7. The Balaban J connectivity index is 1.80. The lowest BCUT2D eigenvalue weighted by molar-refractivity contribution is -0.121. The van der Waals surface area contributed by atoms with E-state index in [-0.39, 0.29) is 17.5 Å². The molecule has 2 N–H and O–H groups in total. The van der Waals surface area contributed by atoms with Crippen molar-refractivity contribution >= 4 is 34.9 Å². The number of carboxylic acids is 1. The highest BCUT2D eigenvalue weighted by Gasteiger charge is 2.32. The van der Waals surface area contributed by atoms with Gasteiger partial charge in [-0.3, -0.25) is 4.79 Å². The number of carbonyl (C=O) groups is 2. The van der Waals surface area contributed by atoms with Gasteiger partial charge in [0.1, 0.15) is 5.78 Å². The molecule has 4 atom stereocenters. The fourth-order valence-electron chi connectivity index (χ4n) is 3.67. The number of hydrogen-bond donors (Lipinski definition) is 2. The topological polar surface area (TPSA) is 87.5 Å². The third kappa shape index (κ3) is 7.33. The zero-order chi connectivity index (χ0) is 20.5. The standard InChI is InChI=1S/C21H31NO4S2/c1-3-4-5-14(2)12-16(23)8-6-15-7-9-19(24)17(15)10-11-27-21-22-18(13-28-21)20(25)26/h6,8,13-17,23H,3-5,7,9-12H2,1-2H3,(H,25,26)/b8-6+/t14-,15-,16+,17+/m0/s1. The van der Waals surface area contributed by atoms with Gasteiger partial charge in [-0.15, -0.1) is 11.3 Å². The maximum absolute atomic E-state index is 12.3. The predicted octanol–water partition coefficient (Wildman–Crippen LogP) is 5.05. The molecule has 0 unspecified atom stereocenters. The van der Waals surface area contributed by atoms with E-state index in [1.807, 2.05) is 12.2 Å². The molecule has 0 aliphatic heterocycles. The van der Waals surface area contributed by atoms with E-state index >= 15 is 0 Å². The fraction of sp³-hybridized carbons (Fsp3) is 0.667. The first-order valence-corrected chi connectivity index (χ1v) is 12.0. The molecule has 1 aromatic heterocycles. The fourth-order valence-corrected chi connectivity index (χ4v) is 5.56. The number of Topliss-reactive ketones (excluding diaryl/α,β-unsaturated/α-hetero) is 1. The highest BCUT2D eigenvalue weighted by Crippen LogP contribution is 2.35. The Kier molecular flexibility index (Phi) is 9.68. The maximum Gasteiger partial charge on any atom is 0.355 e. The van der Waals surface area contributed by atoms with Gasteiger partial charge in [-0.1, -0.05) is 57.0 Å². The van der Waals surface area contributed by atoms with Gasteiger partial charge in [0, 0.05) is 23.5 Å². The third-order valence-electron chi connectivity index (χ3n) is 5.29. The number of aromatic nitrogens is 1. The van der Waals surface area contributed by atoms with Crippen LogP contribution < -0.4 is 0 Å². The second-order valence-corrected chi connectivity index (χ2v) is 9.85. The number of rotatable bonds is 12. The van der Waals surface area contributed by atoms with Crippen molar-refractivity contribution in [2.24, 2.45) is 17.8 Å². The molecule has 0 radical (unpaired) electrons. The number of hydrogen-bond acceptors (Lipinski definition) is 6. The third-order valence-corrected chi connectivity index (χ3v) is 7.34. The summed E-state index contributed by atoms with van der Waals surface area (Å²) >= 11 is 2.83. The van der Waals surface area contributed by atoms with E-state index in [1.165, 1.54) is 35.9 Å². The number of thiazole rings is 1. The van der Waals surface area contributed by atoms with Gasteiger partial charge in [-0.2, -0.15) is 0 Å². The first kappa shape index (κ1) is 23.1. The van der Waals surface area contributed by atoms with Crippen molar-refractivity contribution in [2.75, 3.05) is 5.75 Å². The van der Waals surface area contributed by atoms with Gasteiger partial charge in [-0.05, 0) is 31.1 Å². The van der Waals surface area contributed by atoms with Crippen LogP contribution in [0.15, 0.2) is 21.9 Å². The van der Waals surface area contributed by atoms with Crippen LogP contribution in [0, 0.1) is 17.8 Å². The number of unbranched alkanes of at least 4 members (excludes halogenated alkanes) is 1. The van der Waals surface area contributed by atoms with E-state index < -0.39 is 12.1 Å². The number of aliphatic hydroxyl groups is 1. The molecule has 156 valence electrons. The molecule has 0 spiro atoms. The van der Waals surface area contributed by atoms with Crippen molar-refractivity contribution < 1.29 is 19.8 Å². The molecule has 1 heterocycles. The minimum atomic E-state index is -1.01. The van der Waals surface area contributed by atoms with E-state index in [0.29, 0.717) is 18.1 Å². The molecule has 28 heavy (non-hydrogen) atoms. The first-order valence-electron chi connectivity index (χ1n) is 10.1. The largest absolute Gasteiger partial charge is 0.476 e. The van der Waals surface area contributed by atoms with Crippen LogP contribution in [0.5, 0.6) is 0 Å². The van der Waals surface area contributed by atoms with Crippen LogP contribution in [0.2, 0.25) is 0 Å². The Labute approximate surface area is 175 Å². The van der Waals surface area contributed by atoms with Crippen LogP contribution in [0.3, 0.4) is 0 Å². The minimum Gasteiger partial charge on any atom is -0.476 e. The molecule has 0 aromatic carbocycles. The second-order valence-electron chi connectivity index (χ2n) is 7.65. The number of thioether (sulfide) groups is 1. The predicted molar refractivity (Wildman–Crippen MR) is 114 cm³/mol. The lowest BCUT2D eigenvalue weighted by Crippen LogP contribution is -2.15. The van der Waals surface area contributed by atoms with Gasteiger partial charge in [0.25, 0.3) is 0 Å². The Bertz CT molecular complexity index is 673. The summed E-state index contributed by atoms with van der Waals surface area (Å²) in [5.74, 6) is 0.718. The highest BCUT2D eigenvalue weighted by molar-refractivity contribution is 8.01. The molecule has 1 aromatic rings. The molecule has 0 bridgehead atoms. The summed E-state index contributed by atoms with van der Waals surface area (Å²) < 4.78 is 0.728. The van der Waals surface area contributed by atoms with Gasteiger partial charge >= 0.3 is 5.97 Å². The molecule has 7 heteroatoms. The number of carbonyl (C=O) groups excluding carboxylic acids is 1. The summed E-state index contributed by atoms with van der Waals surface area (Å²) in [6, 6.07) is 0. The quantitative estimate of drug-likeness (QED) is 0.360. The first-order chi connectivity index (χ1) is 13.4. The summed E-state index contributed by atoms with van der Waals surface area (Å²) in [7, 11) is 0. The SMILES string of the molecule is CCCC[C@H](C)C[C@H](O)/C=C/[C@H]1CCC(=O)[C@@H]1CCSc1nc(C(=O)O)cs1. The lowest BCUT2D eigenvalue weighted by atomic mass is 9.91.